The number of rotatable bonds is 5. The maximum atomic E-state index is 11.1. The monoisotopic (exact) mass is 362 g/mol. The van der Waals surface area contributed by atoms with Gasteiger partial charge in [0.05, 0.1) is 24.0 Å². The molecule has 1 aromatic carbocycles. The molecule has 0 aliphatic rings. The summed E-state index contributed by atoms with van der Waals surface area (Å²) < 4.78 is 31.3. The van der Waals surface area contributed by atoms with Crippen molar-refractivity contribution >= 4 is 27.0 Å². The molecule has 0 saturated heterocycles. The highest BCUT2D eigenvalue weighted by Gasteiger charge is 2.09. The molecule has 9 nitrogen and oxygen atoms in total. The topological polar surface area (TPSA) is 123 Å². The fraction of sp³-hybridized carbons (Fsp3) is 0.133. The van der Waals surface area contributed by atoms with E-state index in [1.54, 1.807) is 24.3 Å². The number of fused-ring (bicyclic) bond motifs is 1. The minimum atomic E-state index is -3.32. The first kappa shape index (κ1) is 16.9. The molecular formula is C15H14N4O5S. The van der Waals surface area contributed by atoms with E-state index < -0.39 is 16.1 Å². The van der Waals surface area contributed by atoms with Crippen LogP contribution >= 0.6 is 0 Å². The summed E-state index contributed by atoms with van der Waals surface area (Å²) in [4.78, 5) is 19.0. The number of nitrogens with one attached hydrogen (secondary N) is 1. The number of nitrogens with zero attached hydrogens (tertiary/aromatic N) is 3. The normalized spacial score (nSPS) is 11.6. The van der Waals surface area contributed by atoms with Gasteiger partial charge in [0.25, 0.3) is 0 Å². The zero-order valence-electron chi connectivity index (χ0n) is 13.1. The first-order valence-electron chi connectivity index (χ1n) is 7.10. The first-order chi connectivity index (χ1) is 11.8. The Hall–Kier alpha value is -2.98. The van der Waals surface area contributed by atoms with E-state index in [2.05, 4.69) is 14.7 Å². The first-order valence-corrected chi connectivity index (χ1v) is 8.99. The molecule has 3 aromatic rings. The number of hydrogen-bond donors (Lipinski definition) is 2. The van der Waals surface area contributed by atoms with Crippen molar-refractivity contribution in [3.05, 3.63) is 48.5 Å². The second-order valence-corrected chi connectivity index (χ2v) is 7.06. The van der Waals surface area contributed by atoms with Gasteiger partial charge in [0.15, 0.2) is 0 Å². The van der Waals surface area contributed by atoms with Crippen LogP contribution in [0.3, 0.4) is 0 Å². The van der Waals surface area contributed by atoms with E-state index in [9.17, 15) is 13.2 Å². The van der Waals surface area contributed by atoms with Gasteiger partial charge in [-0.1, -0.05) is 0 Å². The van der Waals surface area contributed by atoms with Crippen molar-refractivity contribution < 1.29 is 23.1 Å². The molecule has 0 radical (unpaired) electrons. The third-order valence-corrected chi connectivity index (χ3v) is 3.97. The van der Waals surface area contributed by atoms with E-state index in [4.69, 9.17) is 9.84 Å². The van der Waals surface area contributed by atoms with Crippen LogP contribution in [0.5, 0.6) is 11.6 Å². The van der Waals surface area contributed by atoms with Crippen molar-refractivity contribution in [3.8, 4) is 11.6 Å². The second kappa shape index (κ2) is 6.49. The molecule has 2 aromatic heterocycles. The Morgan fingerprint density at radius 2 is 2.08 bits per heavy atom. The van der Waals surface area contributed by atoms with Crippen molar-refractivity contribution in [2.75, 3.05) is 6.26 Å². The predicted molar refractivity (Wildman–Crippen MR) is 89.2 cm³/mol. The average molecular weight is 362 g/mol. The van der Waals surface area contributed by atoms with Crippen LogP contribution < -0.4 is 9.46 Å². The van der Waals surface area contributed by atoms with Crippen LogP contribution in [0.1, 0.15) is 5.69 Å². The molecule has 0 atom stereocenters. The van der Waals surface area contributed by atoms with Crippen molar-refractivity contribution in [1.29, 1.82) is 0 Å². The van der Waals surface area contributed by atoms with Gasteiger partial charge in [-0.05, 0) is 24.3 Å². The highest BCUT2D eigenvalue weighted by Crippen LogP contribution is 2.25. The van der Waals surface area contributed by atoms with Gasteiger partial charge in [-0.25, -0.2) is 27.9 Å². The van der Waals surface area contributed by atoms with Crippen molar-refractivity contribution in [3.63, 3.8) is 0 Å². The summed E-state index contributed by atoms with van der Waals surface area (Å²) in [5.74, 6) is 0.716. The fourth-order valence-electron chi connectivity index (χ4n) is 2.21. The summed E-state index contributed by atoms with van der Waals surface area (Å²) >= 11 is 0. The summed E-state index contributed by atoms with van der Waals surface area (Å²) in [5.41, 5.74) is 0.995. The van der Waals surface area contributed by atoms with Crippen LogP contribution in [0.15, 0.2) is 42.9 Å². The van der Waals surface area contributed by atoms with Crippen LogP contribution in [-0.4, -0.2) is 40.4 Å². The van der Waals surface area contributed by atoms with Crippen LogP contribution in [0.2, 0.25) is 0 Å². The van der Waals surface area contributed by atoms with Gasteiger partial charge in [0.2, 0.25) is 15.9 Å². The lowest BCUT2D eigenvalue weighted by Crippen LogP contribution is -2.21. The number of aromatic nitrogens is 3. The van der Waals surface area contributed by atoms with Crippen molar-refractivity contribution in [2.24, 2.45) is 0 Å². The van der Waals surface area contributed by atoms with Crippen LogP contribution in [0, 0.1) is 0 Å². The Labute approximate surface area is 143 Å². The Kier molecular flexibility index (Phi) is 4.38. The van der Waals surface area contributed by atoms with Crippen molar-refractivity contribution in [1.82, 2.24) is 19.3 Å². The standard InChI is InChI=1S/C15H14N4O5S/c1-25(22,23)18-8-11-7-14(17-9-16-11)24-12-2-3-13-10(6-12)4-5-19(13)15(20)21/h2-7,9,18H,8H2,1H3,(H,20,21). The number of hydrogen-bond acceptors (Lipinski definition) is 6. The minimum Gasteiger partial charge on any atom is -0.464 e. The Bertz CT molecular complexity index is 1050. The number of carbonyl (C=O) groups is 1. The Morgan fingerprint density at radius 1 is 1.28 bits per heavy atom. The fourth-order valence-corrected chi connectivity index (χ4v) is 2.62. The zero-order valence-corrected chi connectivity index (χ0v) is 13.9. The smallest absolute Gasteiger partial charge is 0.415 e. The van der Waals surface area contributed by atoms with Gasteiger partial charge in [-0.2, -0.15) is 0 Å². The summed E-state index contributed by atoms with van der Waals surface area (Å²) in [5, 5.41) is 9.78. The maximum absolute atomic E-state index is 11.1. The summed E-state index contributed by atoms with van der Waals surface area (Å²) in [7, 11) is -3.32. The molecule has 2 N–H and O–H groups in total. The number of benzene rings is 1. The van der Waals surface area contributed by atoms with Gasteiger partial charge in [0.1, 0.15) is 12.1 Å². The molecule has 2 heterocycles. The number of carboxylic acid groups (broad SMARTS) is 1. The molecule has 0 spiro atoms. The van der Waals surface area contributed by atoms with Crippen LogP contribution in [-0.2, 0) is 16.6 Å². The highest BCUT2D eigenvalue weighted by molar-refractivity contribution is 7.88. The number of sulfonamides is 1. The zero-order chi connectivity index (χ0) is 18.0. The lowest BCUT2D eigenvalue weighted by Gasteiger charge is -2.07. The summed E-state index contributed by atoms with van der Waals surface area (Å²) in [6, 6.07) is 8.12. The molecule has 0 aliphatic heterocycles. The van der Waals surface area contributed by atoms with E-state index in [0.29, 0.717) is 22.3 Å². The van der Waals surface area contributed by atoms with Crippen LogP contribution in [0.4, 0.5) is 4.79 Å². The second-order valence-electron chi connectivity index (χ2n) is 5.23. The minimum absolute atomic E-state index is 0.0260. The van der Waals surface area contributed by atoms with E-state index in [1.165, 1.54) is 18.6 Å². The molecule has 0 amide bonds. The largest absolute Gasteiger partial charge is 0.464 e. The maximum Gasteiger partial charge on any atom is 0.415 e. The quantitative estimate of drug-likeness (QED) is 0.709. The molecule has 0 fully saturated rings. The molecule has 3 rings (SSSR count). The molecule has 0 bridgehead atoms. The highest BCUT2D eigenvalue weighted by atomic mass is 32.2. The van der Waals surface area contributed by atoms with E-state index in [-0.39, 0.29) is 12.4 Å². The molecule has 0 unspecified atom stereocenters. The lowest BCUT2D eigenvalue weighted by molar-refractivity contribution is 0.197. The molecule has 130 valence electrons. The lowest BCUT2D eigenvalue weighted by atomic mass is 10.2. The molecular weight excluding hydrogens is 348 g/mol. The Morgan fingerprint density at radius 3 is 2.80 bits per heavy atom. The third kappa shape index (κ3) is 4.11. The van der Waals surface area contributed by atoms with E-state index in [0.717, 1.165) is 10.8 Å². The SMILES string of the molecule is CS(=O)(=O)NCc1cc(Oc2ccc3c(ccn3C(=O)O)c2)ncn1. The van der Waals surface area contributed by atoms with Gasteiger partial charge in [0, 0.05) is 17.6 Å². The molecule has 0 saturated carbocycles. The van der Waals surface area contributed by atoms with Gasteiger partial charge < -0.3 is 9.84 Å². The average Bonchev–Trinajstić information content (AvgIpc) is 2.96. The molecule has 0 aliphatic carbocycles. The van der Waals surface area contributed by atoms with Gasteiger partial charge in [-0.3, -0.25) is 4.57 Å². The van der Waals surface area contributed by atoms with Gasteiger partial charge in [-0.15, -0.1) is 0 Å². The Balaban J connectivity index is 1.80. The third-order valence-electron chi connectivity index (χ3n) is 3.30. The van der Waals surface area contributed by atoms with E-state index >= 15 is 0 Å². The molecule has 10 heteroatoms. The summed E-state index contributed by atoms with van der Waals surface area (Å²) in [6.45, 7) is 0.0260. The molecule has 25 heavy (non-hydrogen) atoms. The van der Waals surface area contributed by atoms with Crippen molar-refractivity contribution in [2.45, 2.75) is 6.54 Å². The van der Waals surface area contributed by atoms with E-state index in [1.807, 2.05) is 0 Å². The van der Waals surface area contributed by atoms with Gasteiger partial charge >= 0.3 is 6.09 Å². The number of ether oxygens (including phenoxy) is 1. The predicted octanol–water partition coefficient (Wildman–Crippen LogP) is 1.80. The van der Waals surface area contributed by atoms with Crippen LogP contribution in [0.25, 0.3) is 10.9 Å². The summed E-state index contributed by atoms with van der Waals surface area (Å²) in [6.07, 6.45) is 2.72.